The zero-order chi connectivity index (χ0) is 19.5. The highest BCUT2D eigenvalue weighted by Gasteiger charge is 2.27. The Hall–Kier alpha value is -1.77. The van der Waals surface area contributed by atoms with Gasteiger partial charge in [-0.2, -0.15) is 4.72 Å². The molecule has 0 fully saturated rings. The molecule has 0 aliphatic carbocycles. The SMILES string of the molecule is Cc1ccc(S(=O)(=O)NC(CC(C)C)C(=O)Nc2nc(C)c(C)s2)cc1. The lowest BCUT2D eigenvalue weighted by Crippen LogP contribution is -2.44. The van der Waals surface area contributed by atoms with Crippen LogP contribution in [0.3, 0.4) is 0 Å². The van der Waals surface area contributed by atoms with Crippen molar-refractivity contribution in [2.24, 2.45) is 5.92 Å². The summed E-state index contributed by atoms with van der Waals surface area (Å²) in [6, 6.07) is 5.66. The maximum absolute atomic E-state index is 12.7. The van der Waals surface area contributed by atoms with Gasteiger partial charge in [0.15, 0.2) is 5.13 Å². The van der Waals surface area contributed by atoms with E-state index in [0.29, 0.717) is 11.6 Å². The molecule has 0 aliphatic heterocycles. The predicted molar refractivity (Wildman–Crippen MR) is 105 cm³/mol. The first-order valence-corrected chi connectivity index (χ1v) is 10.7. The molecule has 1 unspecified atom stereocenters. The molecule has 6 nitrogen and oxygen atoms in total. The van der Waals surface area contributed by atoms with Crippen LogP contribution in [0.1, 0.15) is 36.4 Å². The number of thiazole rings is 1. The van der Waals surface area contributed by atoms with Crippen LogP contribution in [0.2, 0.25) is 0 Å². The van der Waals surface area contributed by atoms with E-state index in [1.165, 1.54) is 23.5 Å². The third-order valence-corrected chi connectivity index (χ3v) is 6.39. The van der Waals surface area contributed by atoms with Gasteiger partial charge in [-0.15, -0.1) is 11.3 Å². The van der Waals surface area contributed by atoms with Gasteiger partial charge in [0.05, 0.1) is 10.6 Å². The van der Waals surface area contributed by atoms with Gasteiger partial charge in [-0.3, -0.25) is 4.79 Å². The number of nitrogens with zero attached hydrogens (tertiary/aromatic N) is 1. The van der Waals surface area contributed by atoms with Crippen LogP contribution in [-0.2, 0) is 14.8 Å². The first-order valence-electron chi connectivity index (χ1n) is 8.42. The van der Waals surface area contributed by atoms with Gasteiger partial charge in [0.2, 0.25) is 15.9 Å². The third kappa shape index (κ3) is 5.36. The van der Waals surface area contributed by atoms with Gasteiger partial charge in [-0.1, -0.05) is 31.5 Å². The molecule has 1 heterocycles. The molecular formula is C18H25N3O3S2. The Balaban J connectivity index is 2.20. The van der Waals surface area contributed by atoms with E-state index in [-0.39, 0.29) is 10.8 Å². The van der Waals surface area contributed by atoms with Crippen molar-refractivity contribution in [3.05, 3.63) is 40.4 Å². The molecule has 0 aliphatic rings. The monoisotopic (exact) mass is 395 g/mol. The maximum Gasteiger partial charge on any atom is 0.244 e. The number of sulfonamides is 1. The van der Waals surface area contributed by atoms with E-state index in [9.17, 15) is 13.2 Å². The second kappa shape index (κ2) is 8.28. The summed E-state index contributed by atoms with van der Waals surface area (Å²) in [6.07, 6.45) is 0.389. The summed E-state index contributed by atoms with van der Waals surface area (Å²) < 4.78 is 27.8. The Morgan fingerprint density at radius 1 is 1.15 bits per heavy atom. The number of carbonyl (C=O) groups is 1. The number of aromatic nitrogens is 1. The van der Waals surface area contributed by atoms with Crippen LogP contribution in [0.5, 0.6) is 0 Å². The minimum absolute atomic E-state index is 0.144. The topological polar surface area (TPSA) is 88.2 Å². The second-order valence-corrected chi connectivity index (χ2v) is 9.68. The number of hydrogen-bond donors (Lipinski definition) is 2. The fraction of sp³-hybridized carbons (Fsp3) is 0.444. The fourth-order valence-corrected chi connectivity index (χ4v) is 4.40. The highest BCUT2D eigenvalue weighted by molar-refractivity contribution is 7.89. The van der Waals surface area contributed by atoms with Crippen LogP contribution < -0.4 is 10.0 Å². The van der Waals surface area contributed by atoms with Crippen molar-refractivity contribution >= 4 is 32.4 Å². The summed E-state index contributed by atoms with van der Waals surface area (Å²) in [5.41, 5.74) is 1.82. The summed E-state index contributed by atoms with van der Waals surface area (Å²) in [7, 11) is -3.79. The van der Waals surface area contributed by atoms with E-state index >= 15 is 0 Å². The van der Waals surface area contributed by atoms with Crippen molar-refractivity contribution in [1.82, 2.24) is 9.71 Å². The lowest BCUT2D eigenvalue weighted by atomic mass is 10.0. The quantitative estimate of drug-likeness (QED) is 0.752. The van der Waals surface area contributed by atoms with Crippen molar-refractivity contribution < 1.29 is 13.2 Å². The zero-order valence-corrected chi connectivity index (χ0v) is 17.3. The van der Waals surface area contributed by atoms with Crippen molar-refractivity contribution in [2.45, 2.75) is 52.0 Å². The van der Waals surface area contributed by atoms with Crippen LogP contribution in [0, 0.1) is 26.7 Å². The maximum atomic E-state index is 12.7. The van der Waals surface area contributed by atoms with Crippen LogP contribution in [0.25, 0.3) is 0 Å². The molecule has 1 aromatic carbocycles. The van der Waals surface area contributed by atoms with Crippen molar-refractivity contribution in [3.63, 3.8) is 0 Å². The minimum atomic E-state index is -3.79. The average Bonchev–Trinajstić information content (AvgIpc) is 2.84. The van der Waals surface area contributed by atoms with Crippen LogP contribution >= 0.6 is 11.3 Å². The van der Waals surface area contributed by atoms with Gasteiger partial charge in [0.1, 0.15) is 6.04 Å². The second-order valence-electron chi connectivity index (χ2n) is 6.77. The van der Waals surface area contributed by atoms with E-state index in [1.54, 1.807) is 12.1 Å². The van der Waals surface area contributed by atoms with E-state index in [1.807, 2.05) is 34.6 Å². The van der Waals surface area contributed by atoms with Gasteiger partial charge < -0.3 is 5.32 Å². The first kappa shape index (κ1) is 20.5. The van der Waals surface area contributed by atoms with Gasteiger partial charge in [-0.05, 0) is 45.2 Å². The number of rotatable bonds is 7. The van der Waals surface area contributed by atoms with E-state index < -0.39 is 22.0 Å². The average molecular weight is 396 g/mol. The summed E-state index contributed by atoms with van der Waals surface area (Å²) in [4.78, 5) is 18.1. The molecule has 142 valence electrons. The highest BCUT2D eigenvalue weighted by Crippen LogP contribution is 2.22. The molecule has 0 saturated heterocycles. The first-order chi connectivity index (χ1) is 12.1. The minimum Gasteiger partial charge on any atom is -0.301 e. The van der Waals surface area contributed by atoms with Crippen LogP contribution in [-0.4, -0.2) is 25.4 Å². The molecule has 2 aromatic rings. The fourth-order valence-electron chi connectivity index (χ4n) is 2.37. The number of nitrogens with one attached hydrogen (secondary N) is 2. The Bertz CT molecular complexity index is 852. The number of carbonyl (C=O) groups excluding carboxylic acids is 1. The molecule has 1 atom stereocenters. The number of hydrogen-bond acceptors (Lipinski definition) is 5. The van der Waals surface area contributed by atoms with Gasteiger partial charge in [-0.25, -0.2) is 13.4 Å². The molecule has 1 amide bonds. The van der Waals surface area contributed by atoms with E-state index in [4.69, 9.17) is 0 Å². The normalized spacial score (nSPS) is 13.0. The molecule has 0 bridgehead atoms. The van der Waals surface area contributed by atoms with E-state index in [0.717, 1.165) is 16.1 Å². The Morgan fingerprint density at radius 2 is 1.77 bits per heavy atom. The van der Waals surface area contributed by atoms with Gasteiger partial charge in [0.25, 0.3) is 0 Å². The third-order valence-electron chi connectivity index (χ3n) is 3.91. The van der Waals surface area contributed by atoms with Gasteiger partial charge in [0, 0.05) is 4.88 Å². The Morgan fingerprint density at radius 3 is 2.27 bits per heavy atom. The molecule has 0 spiro atoms. The van der Waals surface area contributed by atoms with Crippen molar-refractivity contribution in [2.75, 3.05) is 5.32 Å². The summed E-state index contributed by atoms with van der Waals surface area (Å²) in [5.74, 6) is -0.255. The molecule has 0 saturated carbocycles. The lowest BCUT2D eigenvalue weighted by molar-refractivity contribution is -0.118. The van der Waals surface area contributed by atoms with Crippen molar-refractivity contribution in [3.8, 4) is 0 Å². The van der Waals surface area contributed by atoms with E-state index in [2.05, 4.69) is 15.0 Å². The molecule has 0 radical (unpaired) electrons. The smallest absolute Gasteiger partial charge is 0.244 e. The summed E-state index contributed by atoms with van der Waals surface area (Å²) in [5, 5.41) is 3.21. The lowest BCUT2D eigenvalue weighted by Gasteiger charge is -2.19. The van der Waals surface area contributed by atoms with Gasteiger partial charge >= 0.3 is 0 Å². The summed E-state index contributed by atoms with van der Waals surface area (Å²) >= 11 is 1.37. The standard InChI is InChI=1S/C18H25N3O3S2/c1-11(2)10-16(17(22)20-18-19-13(4)14(5)25-18)21-26(23,24)15-8-6-12(3)7-9-15/h6-9,11,16,21H,10H2,1-5H3,(H,19,20,22). The number of benzene rings is 1. The summed E-state index contributed by atoms with van der Waals surface area (Å²) in [6.45, 7) is 9.56. The van der Waals surface area contributed by atoms with Crippen LogP contribution in [0.4, 0.5) is 5.13 Å². The molecule has 2 rings (SSSR count). The number of anilines is 1. The van der Waals surface area contributed by atoms with Crippen LogP contribution in [0.15, 0.2) is 29.2 Å². The molecule has 2 N–H and O–H groups in total. The predicted octanol–water partition coefficient (Wildman–Crippen LogP) is 3.40. The zero-order valence-electron chi connectivity index (χ0n) is 15.7. The molecule has 26 heavy (non-hydrogen) atoms. The Labute approximate surface area is 159 Å². The molecule has 1 aromatic heterocycles. The Kier molecular flexibility index (Phi) is 6.54. The number of amides is 1. The highest BCUT2D eigenvalue weighted by atomic mass is 32.2. The molecule has 8 heteroatoms. The molecular weight excluding hydrogens is 370 g/mol. The number of aryl methyl sites for hydroxylation is 3. The van der Waals surface area contributed by atoms with Crippen molar-refractivity contribution in [1.29, 1.82) is 0 Å². The largest absolute Gasteiger partial charge is 0.301 e.